The van der Waals surface area contributed by atoms with E-state index < -0.39 is 11.4 Å². The van der Waals surface area contributed by atoms with E-state index in [2.05, 4.69) is 23.6 Å². The smallest absolute Gasteiger partial charge is 0.309 e. The van der Waals surface area contributed by atoms with E-state index in [1.807, 2.05) is 13.8 Å². The van der Waals surface area contributed by atoms with Gasteiger partial charge in [-0.2, -0.15) is 0 Å². The van der Waals surface area contributed by atoms with Crippen LogP contribution in [-0.4, -0.2) is 59.6 Å². The number of carboxylic acids is 1. The molecule has 4 nitrogen and oxygen atoms in total. The van der Waals surface area contributed by atoms with Crippen molar-refractivity contribution in [2.45, 2.75) is 46.6 Å². The van der Waals surface area contributed by atoms with Crippen LogP contribution in [0.5, 0.6) is 0 Å². The van der Waals surface area contributed by atoms with Crippen molar-refractivity contribution in [1.82, 2.24) is 9.80 Å². The number of rotatable bonds is 6. The molecule has 0 aromatic rings. The maximum absolute atomic E-state index is 11.0. The third-order valence-corrected chi connectivity index (χ3v) is 3.99. The first-order chi connectivity index (χ1) is 8.33. The van der Waals surface area contributed by atoms with Gasteiger partial charge in [-0.15, -0.1) is 0 Å². The zero-order chi connectivity index (χ0) is 13.8. The molecule has 0 amide bonds. The van der Waals surface area contributed by atoms with Crippen molar-refractivity contribution >= 4 is 5.97 Å². The van der Waals surface area contributed by atoms with Gasteiger partial charge >= 0.3 is 5.97 Å². The molecule has 18 heavy (non-hydrogen) atoms. The standard InChI is InChI=1S/C14H28N2O2/c1-12(2)16-10-8-15(9-11-16)7-5-6-14(3,4)13(17)18/h12H,5-11H2,1-4H3,(H,17,18). The minimum absolute atomic E-state index is 0.584. The first kappa shape index (κ1) is 15.4. The molecule has 1 heterocycles. The molecule has 0 spiro atoms. The second kappa shape index (κ2) is 6.53. The Labute approximate surface area is 111 Å². The lowest BCUT2D eigenvalue weighted by Gasteiger charge is -2.37. The van der Waals surface area contributed by atoms with Gasteiger partial charge in [-0.25, -0.2) is 0 Å². The van der Waals surface area contributed by atoms with Gasteiger partial charge in [-0.3, -0.25) is 9.69 Å². The van der Waals surface area contributed by atoms with Crippen LogP contribution in [0.2, 0.25) is 0 Å². The molecule has 1 aliphatic heterocycles. The van der Waals surface area contributed by atoms with E-state index in [9.17, 15) is 4.79 Å². The first-order valence-electron chi connectivity index (χ1n) is 7.03. The monoisotopic (exact) mass is 256 g/mol. The minimum atomic E-state index is -0.688. The van der Waals surface area contributed by atoms with Crippen molar-refractivity contribution < 1.29 is 9.90 Å². The Morgan fingerprint density at radius 3 is 2.22 bits per heavy atom. The predicted molar refractivity (Wildman–Crippen MR) is 73.8 cm³/mol. The Morgan fingerprint density at radius 1 is 1.22 bits per heavy atom. The van der Waals surface area contributed by atoms with Crippen molar-refractivity contribution in [3.05, 3.63) is 0 Å². The molecule has 1 N–H and O–H groups in total. The van der Waals surface area contributed by atoms with Gasteiger partial charge in [0, 0.05) is 32.2 Å². The highest BCUT2D eigenvalue weighted by molar-refractivity contribution is 5.73. The number of carboxylic acid groups (broad SMARTS) is 1. The summed E-state index contributed by atoms with van der Waals surface area (Å²) < 4.78 is 0. The lowest BCUT2D eigenvalue weighted by molar-refractivity contribution is -0.147. The van der Waals surface area contributed by atoms with E-state index >= 15 is 0 Å². The number of aliphatic carboxylic acids is 1. The van der Waals surface area contributed by atoms with Crippen molar-refractivity contribution in [2.24, 2.45) is 5.41 Å². The third kappa shape index (κ3) is 4.58. The molecule has 0 radical (unpaired) electrons. The summed E-state index contributed by atoms with van der Waals surface area (Å²) in [7, 11) is 0. The lowest BCUT2D eigenvalue weighted by atomic mass is 9.88. The van der Waals surface area contributed by atoms with Crippen molar-refractivity contribution in [3.8, 4) is 0 Å². The second-order valence-corrected chi connectivity index (χ2v) is 6.26. The fourth-order valence-corrected chi connectivity index (χ4v) is 2.35. The van der Waals surface area contributed by atoms with Crippen LogP contribution in [-0.2, 0) is 4.79 Å². The van der Waals surface area contributed by atoms with Crippen molar-refractivity contribution in [3.63, 3.8) is 0 Å². The Morgan fingerprint density at radius 2 is 1.78 bits per heavy atom. The molecule has 0 bridgehead atoms. The zero-order valence-electron chi connectivity index (χ0n) is 12.3. The topological polar surface area (TPSA) is 43.8 Å². The number of piperazine rings is 1. The maximum Gasteiger partial charge on any atom is 0.309 e. The maximum atomic E-state index is 11.0. The molecule has 4 heteroatoms. The van der Waals surface area contributed by atoms with E-state index in [0.717, 1.165) is 45.6 Å². The van der Waals surface area contributed by atoms with Crippen LogP contribution in [0.3, 0.4) is 0 Å². The quantitative estimate of drug-likeness (QED) is 0.788. The SMILES string of the molecule is CC(C)N1CCN(CCCC(C)(C)C(=O)O)CC1. The van der Waals surface area contributed by atoms with Gasteiger partial charge < -0.3 is 10.0 Å². The molecule has 0 aromatic carbocycles. The van der Waals surface area contributed by atoms with Gasteiger partial charge in [0.15, 0.2) is 0 Å². The summed E-state index contributed by atoms with van der Waals surface area (Å²) in [4.78, 5) is 16.0. The van der Waals surface area contributed by atoms with Gasteiger partial charge in [-0.1, -0.05) is 0 Å². The summed E-state index contributed by atoms with van der Waals surface area (Å²) in [5, 5.41) is 9.05. The van der Waals surface area contributed by atoms with Gasteiger partial charge in [0.2, 0.25) is 0 Å². The Balaban J connectivity index is 2.21. The van der Waals surface area contributed by atoms with Crippen LogP contribution in [0.15, 0.2) is 0 Å². The van der Waals surface area contributed by atoms with Gasteiger partial charge in [0.05, 0.1) is 5.41 Å². The number of hydrogen-bond donors (Lipinski definition) is 1. The molecule has 1 rings (SSSR count). The van der Waals surface area contributed by atoms with E-state index in [4.69, 9.17) is 5.11 Å². The van der Waals surface area contributed by atoms with E-state index in [1.54, 1.807) is 0 Å². The molecule has 0 aliphatic carbocycles. The molecular weight excluding hydrogens is 228 g/mol. The third-order valence-electron chi connectivity index (χ3n) is 3.99. The van der Waals surface area contributed by atoms with Gasteiger partial charge in [0.1, 0.15) is 0 Å². The highest BCUT2D eigenvalue weighted by atomic mass is 16.4. The average molecular weight is 256 g/mol. The highest BCUT2D eigenvalue weighted by Gasteiger charge is 2.27. The van der Waals surface area contributed by atoms with Gasteiger partial charge in [-0.05, 0) is 47.1 Å². The molecule has 106 valence electrons. The highest BCUT2D eigenvalue weighted by Crippen LogP contribution is 2.22. The van der Waals surface area contributed by atoms with Crippen LogP contribution in [0.1, 0.15) is 40.5 Å². The lowest BCUT2D eigenvalue weighted by Crippen LogP contribution is -2.49. The summed E-state index contributed by atoms with van der Waals surface area (Å²) in [6.45, 7) is 13.6. The van der Waals surface area contributed by atoms with Crippen LogP contribution in [0, 0.1) is 5.41 Å². The molecule has 0 unspecified atom stereocenters. The molecule has 1 saturated heterocycles. The Bertz CT molecular complexity index is 269. The molecule has 1 fully saturated rings. The van der Waals surface area contributed by atoms with Crippen LogP contribution in [0.4, 0.5) is 0 Å². The van der Waals surface area contributed by atoms with E-state index in [0.29, 0.717) is 6.04 Å². The predicted octanol–water partition coefficient (Wildman–Crippen LogP) is 1.90. The van der Waals surface area contributed by atoms with Crippen molar-refractivity contribution in [2.75, 3.05) is 32.7 Å². The fraction of sp³-hybridized carbons (Fsp3) is 0.929. The Hall–Kier alpha value is -0.610. The Kier molecular flexibility index (Phi) is 5.60. The fourth-order valence-electron chi connectivity index (χ4n) is 2.35. The summed E-state index contributed by atoms with van der Waals surface area (Å²) in [6, 6.07) is 0.637. The number of hydrogen-bond acceptors (Lipinski definition) is 3. The largest absolute Gasteiger partial charge is 0.481 e. The summed E-state index contributed by atoms with van der Waals surface area (Å²) in [5.74, 6) is -0.688. The molecule has 0 saturated carbocycles. The van der Waals surface area contributed by atoms with Crippen molar-refractivity contribution in [1.29, 1.82) is 0 Å². The first-order valence-corrected chi connectivity index (χ1v) is 7.03. The normalized spacial score (nSPS) is 19.4. The molecule has 0 atom stereocenters. The number of nitrogens with zero attached hydrogens (tertiary/aromatic N) is 2. The average Bonchev–Trinajstić information content (AvgIpc) is 2.29. The summed E-state index contributed by atoms with van der Waals surface area (Å²) >= 11 is 0. The van der Waals surface area contributed by atoms with E-state index in [-0.39, 0.29) is 0 Å². The van der Waals surface area contributed by atoms with E-state index in [1.165, 1.54) is 0 Å². The number of carbonyl (C=O) groups is 1. The second-order valence-electron chi connectivity index (χ2n) is 6.26. The zero-order valence-corrected chi connectivity index (χ0v) is 12.3. The molecule has 0 aromatic heterocycles. The van der Waals surface area contributed by atoms with Crippen LogP contribution < -0.4 is 0 Å². The van der Waals surface area contributed by atoms with Crippen LogP contribution >= 0.6 is 0 Å². The minimum Gasteiger partial charge on any atom is -0.481 e. The van der Waals surface area contributed by atoms with Gasteiger partial charge in [0.25, 0.3) is 0 Å². The summed E-state index contributed by atoms with van der Waals surface area (Å²) in [6.07, 6.45) is 1.73. The van der Waals surface area contributed by atoms with Crippen LogP contribution in [0.25, 0.3) is 0 Å². The molecular formula is C14H28N2O2. The molecule has 1 aliphatic rings. The summed E-state index contributed by atoms with van der Waals surface area (Å²) in [5.41, 5.74) is -0.584.